The molecule has 1 aromatic heterocycles. The van der Waals surface area contributed by atoms with E-state index in [2.05, 4.69) is 30.8 Å². The molecule has 0 bridgehead atoms. The van der Waals surface area contributed by atoms with Crippen molar-refractivity contribution in [1.82, 2.24) is 35.7 Å². The van der Waals surface area contributed by atoms with Crippen LogP contribution < -0.4 is 5.32 Å². The van der Waals surface area contributed by atoms with Crippen LogP contribution in [0.15, 0.2) is 48.5 Å². The maximum Gasteiger partial charge on any atom is 0.329 e. The quantitative estimate of drug-likeness (QED) is 0.106. The molecule has 294 valence electrons. The molecule has 0 aliphatic carbocycles. The Morgan fingerprint density at radius 2 is 1.80 bits per heavy atom. The lowest BCUT2D eigenvalue weighted by atomic mass is 9.98. The number of esters is 1. The van der Waals surface area contributed by atoms with E-state index in [4.69, 9.17) is 14.2 Å². The smallest absolute Gasteiger partial charge is 0.329 e. The van der Waals surface area contributed by atoms with Gasteiger partial charge in [0.05, 0.1) is 19.8 Å². The van der Waals surface area contributed by atoms with Gasteiger partial charge in [0, 0.05) is 25.1 Å². The van der Waals surface area contributed by atoms with Crippen molar-refractivity contribution in [1.29, 1.82) is 0 Å². The number of nitrogens with one attached hydrogen (secondary N) is 2. The number of ether oxygens (including phenoxy) is 3. The number of unbranched alkanes of at least 4 members (excludes halogenated alkanes) is 1. The molecule has 3 aromatic rings. The third kappa shape index (κ3) is 8.90. The number of hydrogen-bond acceptors (Lipinski definition) is 14. The Labute approximate surface area is 315 Å². The number of H-pyrrole nitrogens is 1. The van der Waals surface area contributed by atoms with Crippen LogP contribution >= 0.6 is 0 Å². The van der Waals surface area contributed by atoms with Crippen LogP contribution in [0.4, 0.5) is 0 Å². The number of aliphatic hydroxyl groups excluding tert-OH is 1. The number of likely N-dealkylation sites (tertiary alicyclic amines) is 1. The number of aromatic amines is 1. The molecule has 2 unspecified atom stereocenters. The summed E-state index contributed by atoms with van der Waals surface area (Å²) in [5.41, 5.74) is 3.22. The second-order valence-electron chi connectivity index (χ2n) is 13.7. The van der Waals surface area contributed by atoms with Crippen molar-refractivity contribution in [2.75, 3.05) is 26.4 Å². The fourth-order valence-corrected chi connectivity index (χ4v) is 7.21. The number of fused-ring (bicyclic) bond motifs is 1. The van der Waals surface area contributed by atoms with Crippen LogP contribution in [-0.4, -0.2) is 133 Å². The van der Waals surface area contributed by atoms with Gasteiger partial charge in [-0.2, -0.15) is 5.21 Å². The lowest BCUT2D eigenvalue weighted by molar-refractivity contribution is -0.769. The minimum Gasteiger partial charge on any atom is -0.455 e. The minimum atomic E-state index is -1.30. The van der Waals surface area contributed by atoms with Gasteiger partial charge in [0.1, 0.15) is 30.3 Å². The third-order valence-electron chi connectivity index (χ3n) is 10.0. The SMILES string of the molecule is CCCCC(=O)N(Cc1ccc(-c2ccccc2-c2nn[nH]n2)cc1)[C@@H](CO)C(=O)N[C@@H](C)C(=O)N1CCC[C@H]1C(=O)OC1CO[C@@H]2C(O[N+](=O)[O-])CO[C@H]12. The molecule has 3 N–H and O–H groups in total. The van der Waals surface area contributed by atoms with Crippen molar-refractivity contribution >= 4 is 23.7 Å². The van der Waals surface area contributed by atoms with E-state index in [1.54, 1.807) is 0 Å². The number of nitrogens with zero attached hydrogens (tertiary/aromatic N) is 6. The van der Waals surface area contributed by atoms with Crippen molar-refractivity contribution in [2.45, 2.75) is 95.0 Å². The van der Waals surface area contributed by atoms with Crippen LogP contribution in [-0.2, 0) is 44.8 Å². The minimum absolute atomic E-state index is 0.0195. The number of aromatic nitrogens is 4. The van der Waals surface area contributed by atoms with Gasteiger partial charge >= 0.3 is 5.97 Å². The summed E-state index contributed by atoms with van der Waals surface area (Å²) in [5, 5.41) is 37.3. The van der Waals surface area contributed by atoms with Gasteiger partial charge in [0.15, 0.2) is 12.2 Å². The second-order valence-corrected chi connectivity index (χ2v) is 13.7. The summed E-state index contributed by atoms with van der Waals surface area (Å²) in [4.78, 5) is 72.3. The maximum atomic E-state index is 13.7. The van der Waals surface area contributed by atoms with Crippen LogP contribution in [0.5, 0.6) is 0 Å². The van der Waals surface area contributed by atoms with Crippen molar-refractivity contribution in [2.24, 2.45) is 0 Å². The summed E-state index contributed by atoms with van der Waals surface area (Å²) in [6, 6.07) is 11.7. The first-order valence-electron chi connectivity index (χ1n) is 18.3. The molecule has 3 aliphatic heterocycles. The van der Waals surface area contributed by atoms with Crippen molar-refractivity contribution in [3.8, 4) is 22.5 Å². The molecule has 0 saturated carbocycles. The normalized spacial score (nSPS) is 22.7. The molecule has 19 nitrogen and oxygen atoms in total. The summed E-state index contributed by atoms with van der Waals surface area (Å²) in [5.74, 6) is -1.84. The Balaban J connectivity index is 1.10. The molecule has 0 spiro atoms. The molecular weight excluding hydrogens is 720 g/mol. The van der Waals surface area contributed by atoms with Crippen molar-refractivity contribution in [3.05, 3.63) is 64.2 Å². The Morgan fingerprint density at radius 1 is 1.09 bits per heavy atom. The fourth-order valence-electron chi connectivity index (χ4n) is 7.21. The van der Waals surface area contributed by atoms with Crippen LogP contribution in [0.1, 0.15) is 51.5 Å². The monoisotopic (exact) mass is 764 g/mol. The topological polar surface area (TPSA) is 242 Å². The molecule has 3 saturated heterocycles. The largest absolute Gasteiger partial charge is 0.455 e. The number of aliphatic hydroxyl groups is 1. The van der Waals surface area contributed by atoms with Gasteiger partial charge in [-0.1, -0.05) is 61.9 Å². The van der Waals surface area contributed by atoms with Gasteiger partial charge in [-0.15, -0.1) is 20.3 Å². The highest BCUT2D eigenvalue weighted by atomic mass is 17.0. The predicted molar refractivity (Wildman–Crippen MR) is 190 cm³/mol. The van der Waals surface area contributed by atoms with Gasteiger partial charge in [-0.25, -0.2) is 4.79 Å². The third-order valence-corrected chi connectivity index (χ3v) is 10.0. The average molecular weight is 765 g/mol. The zero-order valence-electron chi connectivity index (χ0n) is 30.4. The lowest BCUT2D eigenvalue weighted by Gasteiger charge is -2.32. The van der Waals surface area contributed by atoms with Gasteiger partial charge in [-0.05, 0) is 48.1 Å². The zero-order valence-corrected chi connectivity index (χ0v) is 30.4. The maximum absolute atomic E-state index is 13.7. The first-order chi connectivity index (χ1) is 26.6. The highest BCUT2D eigenvalue weighted by Gasteiger charge is 2.52. The molecule has 0 radical (unpaired) electrons. The molecule has 3 amide bonds. The number of benzene rings is 2. The summed E-state index contributed by atoms with van der Waals surface area (Å²) < 4.78 is 16.8. The summed E-state index contributed by atoms with van der Waals surface area (Å²) in [7, 11) is 0. The molecule has 3 aliphatic rings. The van der Waals surface area contributed by atoms with Gasteiger partial charge in [0.2, 0.25) is 23.5 Å². The van der Waals surface area contributed by atoms with E-state index in [-0.39, 0.29) is 38.6 Å². The molecule has 3 fully saturated rings. The van der Waals surface area contributed by atoms with E-state index >= 15 is 0 Å². The molecule has 4 heterocycles. The molecule has 2 aromatic carbocycles. The van der Waals surface area contributed by atoms with E-state index in [1.165, 1.54) is 16.7 Å². The van der Waals surface area contributed by atoms with E-state index in [0.717, 1.165) is 23.1 Å². The Hall–Kier alpha value is -5.53. The molecule has 6 rings (SSSR count). The van der Waals surface area contributed by atoms with Gasteiger partial charge < -0.3 is 39.3 Å². The Bertz CT molecular complexity index is 1830. The number of rotatable bonds is 16. The van der Waals surface area contributed by atoms with Crippen molar-refractivity contribution in [3.63, 3.8) is 0 Å². The van der Waals surface area contributed by atoms with Crippen molar-refractivity contribution < 1.29 is 48.4 Å². The number of tetrazole rings is 1. The van der Waals surface area contributed by atoms with E-state index < -0.39 is 72.0 Å². The first kappa shape index (κ1) is 39.2. The van der Waals surface area contributed by atoms with E-state index in [0.29, 0.717) is 30.7 Å². The highest BCUT2D eigenvalue weighted by Crippen LogP contribution is 2.32. The fraction of sp³-hybridized carbons (Fsp3) is 0.528. The summed E-state index contributed by atoms with van der Waals surface area (Å²) in [6.07, 6.45) is -1.02. The molecule has 55 heavy (non-hydrogen) atoms. The average Bonchev–Trinajstić information content (AvgIpc) is 4.01. The Morgan fingerprint density at radius 3 is 2.47 bits per heavy atom. The molecule has 19 heteroatoms. The van der Waals surface area contributed by atoms with E-state index in [1.807, 2.05) is 55.5 Å². The number of hydrogen-bond donors (Lipinski definition) is 3. The predicted octanol–water partition coefficient (Wildman–Crippen LogP) is 1.20. The molecular formula is C36H44N8O11. The zero-order chi connectivity index (χ0) is 39.1. The number of amides is 3. The Kier molecular flexibility index (Phi) is 12.6. The van der Waals surface area contributed by atoms with Crippen LogP contribution in [0.25, 0.3) is 22.5 Å². The number of carbonyl (C=O) groups excluding carboxylic acids is 4. The lowest BCUT2D eigenvalue weighted by Crippen LogP contribution is -2.56. The van der Waals surface area contributed by atoms with Gasteiger partial charge in [-0.3, -0.25) is 14.4 Å². The van der Waals surface area contributed by atoms with Crippen LogP contribution in [0, 0.1) is 10.1 Å². The van der Waals surface area contributed by atoms with Gasteiger partial charge in [0.25, 0.3) is 5.09 Å². The van der Waals surface area contributed by atoms with Crippen LogP contribution in [0.2, 0.25) is 0 Å². The van der Waals surface area contributed by atoms with Crippen LogP contribution in [0.3, 0.4) is 0 Å². The molecule has 7 atom stereocenters. The highest BCUT2D eigenvalue weighted by molar-refractivity contribution is 5.93. The standard InChI is InChI=1S/C36H44N8O11/c1-3-4-11-30(46)43(17-22-12-14-23(15-13-22)24-8-5-6-9-25(24)33-38-40-41-39-33)27(18-45)34(47)37-21(2)35(48)42-16-7-10-26(42)36(49)54-28-19-52-32-29(55-44(50)51)20-53-31(28)32/h5-6,8-9,12-15,21,26-29,31-32,45H,3-4,7,10-11,16-20H2,1-2H3,(H,37,47)(H,38,39,40,41)/t21-,26-,27-,28?,29?,31+,32+/m0/s1. The first-order valence-corrected chi connectivity index (χ1v) is 18.3. The van der Waals surface area contributed by atoms with E-state index in [9.17, 15) is 34.4 Å². The summed E-state index contributed by atoms with van der Waals surface area (Å²) >= 11 is 0. The summed E-state index contributed by atoms with van der Waals surface area (Å²) in [6.45, 7) is 2.83. The second kappa shape index (κ2) is 17.7. The number of carbonyl (C=O) groups is 4.